The molecule has 1 saturated heterocycles. The van der Waals surface area contributed by atoms with Crippen LogP contribution in [0, 0.1) is 6.92 Å². The van der Waals surface area contributed by atoms with Crippen LogP contribution >= 0.6 is 11.3 Å². The molecule has 0 saturated carbocycles. The van der Waals surface area contributed by atoms with Crippen LogP contribution in [0.1, 0.15) is 39.3 Å². The molecule has 1 aliphatic heterocycles. The lowest BCUT2D eigenvalue weighted by molar-refractivity contribution is 0.0592. The van der Waals surface area contributed by atoms with Gasteiger partial charge in [0.25, 0.3) is 0 Å². The Balaban J connectivity index is 2.23. The van der Waals surface area contributed by atoms with Crippen LogP contribution in [0.4, 0.5) is 0 Å². The molecule has 0 N–H and O–H groups in total. The monoisotopic (exact) mass is 227 g/mol. The molecule has 82 valence electrons. The van der Waals surface area contributed by atoms with Crippen molar-refractivity contribution in [2.45, 2.75) is 25.9 Å². The third-order valence-electron chi connectivity index (χ3n) is 2.40. The fraction of sp³-hybridized carbons (Fsp3) is 0.600. The highest BCUT2D eigenvalue weighted by atomic mass is 32.1. The zero-order valence-electron chi connectivity index (χ0n) is 8.78. The molecule has 0 aromatic carbocycles. The Morgan fingerprint density at radius 3 is 3.07 bits per heavy atom. The van der Waals surface area contributed by atoms with Crippen LogP contribution in [0.5, 0.6) is 0 Å². The van der Waals surface area contributed by atoms with Crippen LogP contribution in [0.3, 0.4) is 0 Å². The second kappa shape index (κ2) is 4.28. The van der Waals surface area contributed by atoms with E-state index in [9.17, 15) is 4.79 Å². The van der Waals surface area contributed by atoms with Crippen molar-refractivity contribution in [3.8, 4) is 0 Å². The molecule has 0 amide bonds. The van der Waals surface area contributed by atoms with Crippen molar-refractivity contribution in [2.75, 3.05) is 13.7 Å². The molecule has 2 heterocycles. The van der Waals surface area contributed by atoms with E-state index in [2.05, 4.69) is 9.72 Å². The average molecular weight is 227 g/mol. The van der Waals surface area contributed by atoms with Gasteiger partial charge in [-0.15, -0.1) is 11.3 Å². The number of ether oxygens (including phenoxy) is 2. The first kappa shape index (κ1) is 10.6. The fourth-order valence-corrected chi connectivity index (χ4v) is 2.61. The molecular formula is C10H13NO3S. The van der Waals surface area contributed by atoms with E-state index < -0.39 is 0 Å². The second-order valence-corrected chi connectivity index (χ2v) is 4.68. The number of rotatable bonds is 2. The molecule has 1 atom stereocenters. The lowest BCUT2D eigenvalue weighted by Gasteiger charge is -2.03. The SMILES string of the molecule is COC(=O)c1nc(C2CCCO2)sc1C. The summed E-state index contributed by atoms with van der Waals surface area (Å²) in [5.41, 5.74) is 0.424. The summed E-state index contributed by atoms with van der Waals surface area (Å²) in [6.45, 7) is 2.67. The normalized spacial score (nSPS) is 20.5. The first-order valence-electron chi connectivity index (χ1n) is 4.89. The van der Waals surface area contributed by atoms with Gasteiger partial charge in [-0.05, 0) is 19.8 Å². The number of aryl methyl sites for hydroxylation is 1. The van der Waals surface area contributed by atoms with Gasteiger partial charge in [0.15, 0.2) is 5.69 Å². The van der Waals surface area contributed by atoms with Crippen LogP contribution in [-0.2, 0) is 9.47 Å². The van der Waals surface area contributed by atoms with E-state index in [4.69, 9.17) is 4.74 Å². The first-order chi connectivity index (χ1) is 7.22. The Morgan fingerprint density at radius 2 is 2.47 bits per heavy atom. The maximum atomic E-state index is 11.3. The average Bonchev–Trinajstić information content (AvgIpc) is 2.84. The van der Waals surface area contributed by atoms with Gasteiger partial charge in [0.1, 0.15) is 11.1 Å². The van der Waals surface area contributed by atoms with E-state index in [0.29, 0.717) is 5.69 Å². The smallest absolute Gasteiger partial charge is 0.357 e. The maximum Gasteiger partial charge on any atom is 0.357 e. The Labute approximate surface area is 92.2 Å². The van der Waals surface area contributed by atoms with Crippen molar-refractivity contribution in [3.63, 3.8) is 0 Å². The Bertz CT molecular complexity index is 369. The van der Waals surface area contributed by atoms with E-state index in [0.717, 1.165) is 29.3 Å². The van der Waals surface area contributed by atoms with Crippen molar-refractivity contribution in [3.05, 3.63) is 15.6 Å². The molecule has 1 aliphatic rings. The number of esters is 1. The van der Waals surface area contributed by atoms with Gasteiger partial charge in [-0.2, -0.15) is 0 Å². The molecule has 4 nitrogen and oxygen atoms in total. The molecule has 15 heavy (non-hydrogen) atoms. The van der Waals surface area contributed by atoms with Gasteiger partial charge in [0.2, 0.25) is 0 Å². The summed E-state index contributed by atoms with van der Waals surface area (Å²) in [6, 6.07) is 0. The first-order valence-corrected chi connectivity index (χ1v) is 5.71. The van der Waals surface area contributed by atoms with Crippen LogP contribution in [0.25, 0.3) is 0 Å². The number of methoxy groups -OCH3 is 1. The van der Waals surface area contributed by atoms with Gasteiger partial charge in [-0.3, -0.25) is 0 Å². The number of nitrogens with zero attached hydrogens (tertiary/aromatic N) is 1. The standard InChI is InChI=1S/C10H13NO3S/c1-6-8(10(12)13-2)11-9(15-6)7-4-3-5-14-7/h7H,3-5H2,1-2H3. The van der Waals surface area contributed by atoms with E-state index in [1.807, 2.05) is 6.92 Å². The van der Waals surface area contributed by atoms with Crippen molar-refractivity contribution < 1.29 is 14.3 Å². The van der Waals surface area contributed by atoms with Crippen molar-refractivity contribution in [2.24, 2.45) is 0 Å². The summed E-state index contributed by atoms with van der Waals surface area (Å²) in [5.74, 6) is -0.368. The minimum atomic E-state index is -0.368. The van der Waals surface area contributed by atoms with Crippen LogP contribution in [-0.4, -0.2) is 24.7 Å². The van der Waals surface area contributed by atoms with Crippen molar-refractivity contribution in [1.82, 2.24) is 4.98 Å². The zero-order valence-corrected chi connectivity index (χ0v) is 9.60. The molecular weight excluding hydrogens is 214 g/mol. The highest BCUT2D eigenvalue weighted by Crippen LogP contribution is 2.32. The highest BCUT2D eigenvalue weighted by Gasteiger charge is 2.24. The molecule has 1 aromatic heterocycles. The molecule has 0 radical (unpaired) electrons. The number of thiazole rings is 1. The number of aromatic nitrogens is 1. The molecule has 2 rings (SSSR count). The summed E-state index contributed by atoms with van der Waals surface area (Å²) in [7, 11) is 1.37. The van der Waals surface area contributed by atoms with E-state index >= 15 is 0 Å². The quantitative estimate of drug-likeness (QED) is 0.726. The fourth-order valence-electron chi connectivity index (χ4n) is 1.61. The lowest BCUT2D eigenvalue weighted by atomic mass is 10.2. The third kappa shape index (κ3) is 2.03. The zero-order chi connectivity index (χ0) is 10.8. The number of carbonyl (C=O) groups is 1. The maximum absolute atomic E-state index is 11.3. The summed E-state index contributed by atoms with van der Waals surface area (Å²) in [4.78, 5) is 16.5. The largest absolute Gasteiger partial charge is 0.464 e. The Kier molecular flexibility index (Phi) is 3.02. The molecule has 0 bridgehead atoms. The molecule has 0 spiro atoms. The van der Waals surface area contributed by atoms with Gasteiger partial charge < -0.3 is 9.47 Å². The van der Waals surface area contributed by atoms with Crippen molar-refractivity contribution in [1.29, 1.82) is 0 Å². The topological polar surface area (TPSA) is 48.4 Å². The van der Waals surface area contributed by atoms with Gasteiger partial charge in [0.05, 0.1) is 7.11 Å². The molecule has 0 aliphatic carbocycles. The summed E-state index contributed by atoms with van der Waals surface area (Å²) < 4.78 is 10.2. The lowest BCUT2D eigenvalue weighted by Crippen LogP contribution is -2.04. The number of carbonyl (C=O) groups excluding carboxylic acids is 1. The van der Waals surface area contributed by atoms with Crippen LogP contribution < -0.4 is 0 Å². The molecule has 1 unspecified atom stereocenters. The van der Waals surface area contributed by atoms with Gasteiger partial charge >= 0.3 is 5.97 Å². The van der Waals surface area contributed by atoms with E-state index in [1.165, 1.54) is 18.4 Å². The summed E-state index contributed by atoms with van der Waals surface area (Å²) in [5, 5.41) is 0.894. The third-order valence-corrected chi connectivity index (χ3v) is 3.46. The summed E-state index contributed by atoms with van der Waals surface area (Å²) in [6.07, 6.45) is 2.14. The Morgan fingerprint density at radius 1 is 1.67 bits per heavy atom. The minimum absolute atomic E-state index is 0.0760. The molecule has 5 heteroatoms. The number of hydrogen-bond acceptors (Lipinski definition) is 5. The molecule has 1 aromatic rings. The van der Waals surface area contributed by atoms with Crippen LogP contribution in [0.15, 0.2) is 0 Å². The highest BCUT2D eigenvalue weighted by molar-refractivity contribution is 7.11. The minimum Gasteiger partial charge on any atom is -0.464 e. The second-order valence-electron chi connectivity index (χ2n) is 3.45. The predicted octanol–water partition coefficient (Wildman–Crippen LogP) is 2.09. The van der Waals surface area contributed by atoms with E-state index in [-0.39, 0.29) is 12.1 Å². The predicted molar refractivity (Wildman–Crippen MR) is 56.1 cm³/mol. The van der Waals surface area contributed by atoms with Crippen molar-refractivity contribution >= 4 is 17.3 Å². The Hall–Kier alpha value is -0.940. The summed E-state index contributed by atoms with van der Waals surface area (Å²) >= 11 is 1.52. The number of hydrogen-bond donors (Lipinski definition) is 0. The molecule has 1 fully saturated rings. The van der Waals surface area contributed by atoms with Crippen LogP contribution in [0.2, 0.25) is 0 Å². The van der Waals surface area contributed by atoms with Gasteiger partial charge in [-0.25, -0.2) is 9.78 Å². The van der Waals surface area contributed by atoms with Gasteiger partial charge in [-0.1, -0.05) is 0 Å². The van der Waals surface area contributed by atoms with Gasteiger partial charge in [0, 0.05) is 11.5 Å². The van der Waals surface area contributed by atoms with E-state index in [1.54, 1.807) is 0 Å².